The number of hydrogen-bond acceptors (Lipinski definition) is 5. The average molecular weight is 401 g/mol. The lowest BCUT2D eigenvalue weighted by Gasteiger charge is -2.36. The number of nitrogens with one attached hydrogen (secondary N) is 2. The summed E-state index contributed by atoms with van der Waals surface area (Å²) in [5, 5.41) is 5.44. The molecular formula is C21H27N3O5. The highest BCUT2D eigenvalue weighted by molar-refractivity contribution is 6.09. The lowest BCUT2D eigenvalue weighted by Crippen LogP contribution is -2.54. The Morgan fingerprint density at radius 2 is 2.10 bits per heavy atom. The van der Waals surface area contributed by atoms with Gasteiger partial charge in [0.15, 0.2) is 6.61 Å². The van der Waals surface area contributed by atoms with Gasteiger partial charge in [0.05, 0.1) is 0 Å². The van der Waals surface area contributed by atoms with Gasteiger partial charge in [0.25, 0.3) is 11.8 Å². The molecule has 0 unspecified atom stereocenters. The monoisotopic (exact) mass is 401 g/mol. The molecule has 8 heteroatoms. The fourth-order valence-electron chi connectivity index (χ4n) is 4.03. The van der Waals surface area contributed by atoms with Crippen molar-refractivity contribution in [3.8, 4) is 0 Å². The molecule has 8 nitrogen and oxygen atoms in total. The van der Waals surface area contributed by atoms with Crippen molar-refractivity contribution in [2.75, 3.05) is 18.5 Å². The van der Waals surface area contributed by atoms with E-state index in [2.05, 4.69) is 10.6 Å². The van der Waals surface area contributed by atoms with Gasteiger partial charge in [-0.2, -0.15) is 0 Å². The fraction of sp³-hybridized carbons (Fsp3) is 0.524. The molecule has 0 aromatic heterocycles. The molecule has 4 amide bonds. The van der Waals surface area contributed by atoms with E-state index in [-0.39, 0.29) is 11.8 Å². The molecule has 0 radical (unpaired) electrons. The number of imide groups is 1. The van der Waals surface area contributed by atoms with Crippen LogP contribution in [0, 0.1) is 5.92 Å². The van der Waals surface area contributed by atoms with Crippen LogP contribution in [0.4, 0.5) is 10.5 Å². The lowest BCUT2D eigenvalue weighted by molar-refractivity contribution is -0.150. The second-order valence-corrected chi connectivity index (χ2v) is 7.70. The maximum atomic E-state index is 12.8. The van der Waals surface area contributed by atoms with E-state index < -0.39 is 36.6 Å². The first-order chi connectivity index (χ1) is 13.9. The molecule has 1 spiro atoms. The summed E-state index contributed by atoms with van der Waals surface area (Å²) in [5.74, 6) is -1.65. The van der Waals surface area contributed by atoms with E-state index in [9.17, 15) is 19.2 Å². The van der Waals surface area contributed by atoms with E-state index in [4.69, 9.17) is 4.74 Å². The standard InChI is InChI=1S/C21H27N3O5/c1-3-15-8-6-9-16(11-15)22-17(25)13-29-18(26)12-24-19(27)21(23-20(24)28)10-5-4-7-14(21)2/h6,8-9,11,14H,3-5,7,10,12-13H2,1-2H3,(H,22,25)(H,23,28)/t14-,21-/m0/s1. The van der Waals surface area contributed by atoms with Gasteiger partial charge >= 0.3 is 12.0 Å². The van der Waals surface area contributed by atoms with Crippen molar-refractivity contribution in [3.63, 3.8) is 0 Å². The number of aryl methyl sites for hydroxylation is 1. The van der Waals surface area contributed by atoms with E-state index in [1.165, 1.54) is 0 Å². The topological polar surface area (TPSA) is 105 Å². The van der Waals surface area contributed by atoms with E-state index in [1.54, 1.807) is 6.07 Å². The summed E-state index contributed by atoms with van der Waals surface area (Å²) in [6, 6.07) is 6.80. The summed E-state index contributed by atoms with van der Waals surface area (Å²) >= 11 is 0. The van der Waals surface area contributed by atoms with Crippen molar-refractivity contribution < 1.29 is 23.9 Å². The Balaban J connectivity index is 1.52. The van der Waals surface area contributed by atoms with Gasteiger partial charge in [0.2, 0.25) is 0 Å². The van der Waals surface area contributed by atoms with E-state index in [0.29, 0.717) is 12.1 Å². The van der Waals surface area contributed by atoms with Crippen LogP contribution >= 0.6 is 0 Å². The molecule has 1 heterocycles. The Bertz CT molecular complexity index is 824. The fourth-order valence-corrected chi connectivity index (χ4v) is 4.03. The van der Waals surface area contributed by atoms with Crippen molar-refractivity contribution in [1.82, 2.24) is 10.2 Å². The number of esters is 1. The summed E-state index contributed by atoms with van der Waals surface area (Å²) in [6.45, 7) is 2.96. The molecule has 1 aromatic carbocycles. The Kier molecular flexibility index (Phi) is 6.20. The minimum absolute atomic E-state index is 0.0124. The van der Waals surface area contributed by atoms with Crippen molar-refractivity contribution in [2.45, 2.75) is 51.5 Å². The summed E-state index contributed by atoms with van der Waals surface area (Å²) in [6.07, 6.45) is 4.14. The predicted octanol–water partition coefficient (Wildman–Crippen LogP) is 2.23. The molecule has 2 fully saturated rings. The molecule has 2 aliphatic rings. The first-order valence-corrected chi connectivity index (χ1v) is 10.0. The third-order valence-corrected chi connectivity index (χ3v) is 5.77. The second kappa shape index (κ2) is 8.63. The van der Waals surface area contributed by atoms with Crippen LogP contribution < -0.4 is 10.6 Å². The zero-order chi connectivity index (χ0) is 21.0. The minimum atomic E-state index is -0.919. The van der Waals surface area contributed by atoms with Crippen LogP contribution in [-0.4, -0.2) is 47.4 Å². The van der Waals surface area contributed by atoms with Crippen LogP contribution in [0.3, 0.4) is 0 Å². The molecule has 156 valence electrons. The van der Waals surface area contributed by atoms with Gasteiger partial charge in [-0.05, 0) is 42.9 Å². The van der Waals surface area contributed by atoms with Crippen LogP contribution in [0.2, 0.25) is 0 Å². The summed E-state index contributed by atoms with van der Waals surface area (Å²) in [4.78, 5) is 50.2. The SMILES string of the molecule is CCc1cccc(NC(=O)COC(=O)CN2C(=O)N[C@]3(CCCC[C@@H]3C)C2=O)c1. The van der Waals surface area contributed by atoms with Crippen molar-refractivity contribution in [2.24, 2.45) is 5.92 Å². The largest absolute Gasteiger partial charge is 0.454 e. The van der Waals surface area contributed by atoms with E-state index >= 15 is 0 Å². The number of rotatable bonds is 6. The predicted molar refractivity (Wildman–Crippen MR) is 106 cm³/mol. The van der Waals surface area contributed by atoms with Gasteiger partial charge in [-0.25, -0.2) is 4.79 Å². The van der Waals surface area contributed by atoms with Crippen LogP contribution in [0.5, 0.6) is 0 Å². The van der Waals surface area contributed by atoms with Gasteiger partial charge in [-0.3, -0.25) is 19.3 Å². The molecule has 1 aromatic rings. The van der Waals surface area contributed by atoms with Gasteiger partial charge in [-0.15, -0.1) is 0 Å². The second-order valence-electron chi connectivity index (χ2n) is 7.70. The number of benzene rings is 1. The molecule has 2 N–H and O–H groups in total. The number of hydrogen-bond donors (Lipinski definition) is 2. The molecule has 0 bridgehead atoms. The zero-order valence-corrected chi connectivity index (χ0v) is 16.8. The molecule has 29 heavy (non-hydrogen) atoms. The Morgan fingerprint density at radius 3 is 2.83 bits per heavy atom. The zero-order valence-electron chi connectivity index (χ0n) is 16.8. The Labute approximate surface area is 170 Å². The van der Waals surface area contributed by atoms with E-state index in [1.807, 2.05) is 32.0 Å². The minimum Gasteiger partial charge on any atom is -0.454 e. The summed E-state index contributed by atoms with van der Waals surface area (Å²) < 4.78 is 4.97. The molecule has 1 saturated carbocycles. The number of amides is 4. The maximum absolute atomic E-state index is 12.8. The highest BCUT2D eigenvalue weighted by Gasteiger charge is 2.55. The number of ether oxygens (including phenoxy) is 1. The molecule has 2 atom stereocenters. The van der Waals surface area contributed by atoms with Gasteiger partial charge in [0.1, 0.15) is 12.1 Å². The number of carbonyl (C=O) groups is 4. The van der Waals surface area contributed by atoms with Gasteiger partial charge in [-0.1, -0.05) is 38.8 Å². The van der Waals surface area contributed by atoms with Crippen molar-refractivity contribution >= 4 is 29.5 Å². The highest BCUT2D eigenvalue weighted by Crippen LogP contribution is 2.38. The molecule has 1 aliphatic carbocycles. The van der Waals surface area contributed by atoms with E-state index in [0.717, 1.165) is 36.1 Å². The van der Waals surface area contributed by atoms with Crippen molar-refractivity contribution in [3.05, 3.63) is 29.8 Å². The molecule has 1 aliphatic heterocycles. The molecular weight excluding hydrogens is 374 g/mol. The third kappa shape index (κ3) is 4.41. The lowest BCUT2D eigenvalue weighted by atomic mass is 9.73. The van der Waals surface area contributed by atoms with Crippen LogP contribution in [0.25, 0.3) is 0 Å². The number of anilines is 1. The Hall–Kier alpha value is -2.90. The summed E-state index contributed by atoms with van der Waals surface area (Å²) in [5.41, 5.74) is 0.772. The number of urea groups is 1. The smallest absolute Gasteiger partial charge is 0.326 e. The Morgan fingerprint density at radius 1 is 1.31 bits per heavy atom. The van der Waals surface area contributed by atoms with Crippen LogP contribution in [-0.2, 0) is 25.5 Å². The molecule has 3 rings (SSSR count). The highest BCUT2D eigenvalue weighted by atomic mass is 16.5. The average Bonchev–Trinajstić information content (AvgIpc) is 2.94. The summed E-state index contributed by atoms with van der Waals surface area (Å²) in [7, 11) is 0. The normalized spacial score (nSPS) is 23.8. The third-order valence-electron chi connectivity index (χ3n) is 5.77. The van der Waals surface area contributed by atoms with Crippen LogP contribution in [0.1, 0.15) is 45.1 Å². The first-order valence-electron chi connectivity index (χ1n) is 10.0. The van der Waals surface area contributed by atoms with Gasteiger partial charge < -0.3 is 15.4 Å². The van der Waals surface area contributed by atoms with Crippen LogP contribution in [0.15, 0.2) is 24.3 Å². The number of nitrogens with zero attached hydrogens (tertiary/aromatic N) is 1. The molecule has 1 saturated heterocycles. The number of carbonyl (C=O) groups excluding carboxylic acids is 4. The first kappa shape index (κ1) is 20.8. The quantitative estimate of drug-likeness (QED) is 0.562. The van der Waals surface area contributed by atoms with Crippen molar-refractivity contribution in [1.29, 1.82) is 0 Å². The maximum Gasteiger partial charge on any atom is 0.326 e. The van der Waals surface area contributed by atoms with Gasteiger partial charge in [0, 0.05) is 5.69 Å².